The Morgan fingerprint density at radius 3 is 1.50 bits per heavy atom. The maximum atomic E-state index is 13.2. The minimum absolute atomic E-state index is 0.0943. The van der Waals surface area contributed by atoms with Gasteiger partial charge in [-0.2, -0.15) is 5.26 Å². The highest BCUT2D eigenvalue weighted by atomic mass is 16.5. The molecule has 0 fully saturated rings. The van der Waals surface area contributed by atoms with Crippen molar-refractivity contribution in [1.29, 1.82) is 5.26 Å². The molecule has 9 heteroatoms. The van der Waals surface area contributed by atoms with Crippen molar-refractivity contribution in [3.63, 3.8) is 0 Å². The molecule has 0 amide bonds. The monoisotopic (exact) mass is 799 g/mol. The lowest BCUT2D eigenvalue weighted by Gasteiger charge is -2.11. The molecule has 6 aromatic rings. The Hall–Kier alpha value is -7.05. The van der Waals surface area contributed by atoms with Crippen LogP contribution in [0.25, 0.3) is 10.8 Å². The fraction of sp³-hybridized carbons (Fsp3) is 0.235. The minimum Gasteiger partial charge on any atom is -0.494 e. The van der Waals surface area contributed by atoms with Crippen LogP contribution in [0.1, 0.15) is 103 Å². The molecule has 0 aliphatic carbocycles. The van der Waals surface area contributed by atoms with Gasteiger partial charge in [-0.25, -0.2) is 9.59 Å². The molecule has 0 unspecified atom stereocenters. The molecule has 6 aromatic carbocycles. The van der Waals surface area contributed by atoms with Gasteiger partial charge < -0.3 is 18.9 Å². The lowest BCUT2D eigenvalue weighted by Crippen LogP contribution is -2.10. The molecule has 0 saturated heterocycles. The van der Waals surface area contributed by atoms with Crippen LogP contribution in [0.3, 0.4) is 0 Å². The van der Waals surface area contributed by atoms with Crippen LogP contribution in [0, 0.1) is 11.3 Å². The first kappa shape index (κ1) is 42.6. The molecule has 0 radical (unpaired) electrons. The van der Waals surface area contributed by atoms with E-state index >= 15 is 0 Å². The van der Waals surface area contributed by atoms with E-state index in [9.17, 15) is 14.9 Å². The van der Waals surface area contributed by atoms with Gasteiger partial charge in [0.25, 0.3) is 0 Å². The number of benzene rings is 6. The van der Waals surface area contributed by atoms with E-state index in [0.717, 1.165) is 46.8 Å². The molecule has 0 aliphatic rings. The summed E-state index contributed by atoms with van der Waals surface area (Å²) >= 11 is 0. The number of nitriles is 1. The quantitative estimate of drug-likeness (QED) is 0.0326. The number of nitrogens with zero attached hydrogens (tertiary/aromatic N) is 3. The van der Waals surface area contributed by atoms with Gasteiger partial charge >= 0.3 is 11.9 Å². The molecule has 0 aromatic heterocycles. The average molecular weight is 800 g/mol. The van der Waals surface area contributed by atoms with Crippen molar-refractivity contribution in [3.8, 4) is 29.1 Å². The van der Waals surface area contributed by atoms with Crippen LogP contribution in [0.2, 0.25) is 0 Å². The number of rotatable bonds is 20. The largest absolute Gasteiger partial charge is 0.494 e. The van der Waals surface area contributed by atoms with Gasteiger partial charge in [-0.1, -0.05) is 88.8 Å². The summed E-state index contributed by atoms with van der Waals surface area (Å²) in [4.78, 5) is 35.4. The molecule has 0 saturated carbocycles. The topological polar surface area (TPSA) is 120 Å². The third-order valence-electron chi connectivity index (χ3n) is 9.70. The maximum absolute atomic E-state index is 13.2. The number of fused-ring (bicyclic) bond motifs is 1. The van der Waals surface area contributed by atoms with Crippen LogP contribution in [-0.2, 0) is 0 Å². The van der Waals surface area contributed by atoms with Crippen LogP contribution in [0.5, 0.6) is 23.0 Å². The number of carbonyl (C=O) groups excluding carboxylic acids is 2. The summed E-state index contributed by atoms with van der Waals surface area (Å²) in [6.07, 6.45) is 12.7. The Labute approximate surface area is 352 Å². The number of aliphatic imine (C=N–C) groups is 2. The van der Waals surface area contributed by atoms with E-state index in [-0.39, 0.29) is 17.1 Å². The Balaban J connectivity index is 1.03. The van der Waals surface area contributed by atoms with E-state index in [1.165, 1.54) is 38.5 Å². The summed E-state index contributed by atoms with van der Waals surface area (Å²) in [7, 11) is 0. The Kier molecular flexibility index (Phi) is 15.7. The smallest absolute Gasteiger partial charge is 0.343 e. The first-order valence-electron chi connectivity index (χ1n) is 20.6. The first-order valence-corrected chi connectivity index (χ1v) is 20.6. The summed E-state index contributed by atoms with van der Waals surface area (Å²) in [6.45, 7) is 5.79. The molecular weight excluding hydrogens is 751 g/mol. The predicted molar refractivity (Wildman–Crippen MR) is 238 cm³/mol. The van der Waals surface area contributed by atoms with Crippen LogP contribution >= 0.6 is 0 Å². The number of unbranched alkanes of at least 4 members (excludes halogenated alkanes) is 6. The van der Waals surface area contributed by atoms with E-state index in [1.54, 1.807) is 91.3 Å². The summed E-state index contributed by atoms with van der Waals surface area (Å²) in [6, 6.07) is 39.5. The Morgan fingerprint density at radius 1 is 0.550 bits per heavy atom. The average Bonchev–Trinajstić information content (AvgIpc) is 3.28. The van der Waals surface area contributed by atoms with Gasteiger partial charge in [0, 0.05) is 17.8 Å². The maximum Gasteiger partial charge on any atom is 0.343 e. The third kappa shape index (κ3) is 12.5. The molecule has 0 atom stereocenters. The lowest BCUT2D eigenvalue weighted by molar-refractivity contribution is 0.0726. The summed E-state index contributed by atoms with van der Waals surface area (Å²) in [5.74, 6) is 0.799. The normalized spacial score (nSPS) is 11.2. The molecule has 0 spiro atoms. The Bertz CT molecular complexity index is 2430. The number of esters is 2. The second kappa shape index (κ2) is 22.2. The standard InChI is InChI=1S/C51H49N3O6/c1-3-5-7-9-31-57-44-26-21-42(22-27-44)53-35-37-11-15-40(16-12-37)50(55)59-46-25-19-39-20-30-49(48(34-52)47(39)33-46)60-51(56)41-17-13-38(14-18-41)36-54-43-23-28-45(29-24-43)58-32-10-8-6-4-2/h11-30,33,35-36H,3-10,31-32H2,1-2H3. The van der Waals surface area contributed by atoms with Gasteiger partial charge in [-0.3, -0.25) is 9.98 Å². The van der Waals surface area contributed by atoms with Crippen molar-refractivity contribution < 1.29 is 28.5 Å². The third-order valence-corrected chi connectivity index (χ3v) is 9.70. The molecule has 0 N–H and O–H groups in total. The van der Waals surface area contributed by atoms with Gasteiger partial charge in [0.2, 0.25) is 0 Å². The molecule has 304 valence electrons. The fourth-order valence-corrected chi connectivity index (χ4v) is 6.27. The van der Waals surface area contributed by atoms with Crippen molar-refractivity contribution in [3.05, 3.63) is 155 Å². The van der Waals surface area contributed by atoms with E-state index in [4.69, 9.17) is 18.9 Å². The van der Waals surface area contributed by atoms with Gasteiger partial charge in [0.1, 0.15) is 34.6 Å². The highest BCUT2D eigenvalue weighted by Crippen LogP contribution is 2.31. The van der Waals surface area contributed by atoms with Crippen molar-refractivity contribution in [1.82, 2.24) is 0 Å². The molecule has 0 heterocycles. The molecule has 0 bridgehead atoms. The van der Waals surface area contributed by atoms with Crippen molar-refractivity contribution in [2.45, 2.75) is 65.2 Å². The zero-order chi connectivity index (χ0) is 41.9. The van der Waals surface area contributed by atoms with Crippen LogP contribution in [0.15, 0.2) is 137 Å². The molecular formula is C51H49N3O6. The molecule has 9 nitrogen and oxygen atoms in total. The SMILES string of the molecule is CCCCCCOc1ccc(N=Cc2ccc(C(=O)Oc3ccc4ccc(OC(=O)c5ccc(C=Nc6ccc(OCCCCCC)cc6)cc5)c(C#N)c4c3)cc2)cc1. The van der Waals surface area contributed by atoms with Crippen LogP contribution in [-0.4, -0.2) is 37.6 Å². The van der Waals surface area contributed by atoms with Crippen LogP contribution in [0.4, 0.5) is 11.4 Å². The number of hydrogen-bond acceptors (Lipinski definition) is 9. The number of carbonyl (C=O) groups is 2. The summed E-state index contributed by atoms with van der Waals surface area (Å²) in [5, 5.41) is 11.3. The van der Waals surface area contributed by atoms with Crippen molar-refractivity contribution in [2.24, 2.45) is 9.98 Å². The van der Waals surface area contributed by atoms with Gasteiger partial charge in [0.05, 0.1) is 35.7 Å². The van der Waals surface area contributed by atoms with Gasteiger partial charge in [-0.05, 0) is 120 Å². The van der Waals surface area contributed by atoms with Gasteiger partial charge in [0.15, 0.2) is 0 Å². The van der Waals surface area contributed by atoms with Gasteiger partial charge in [-0.15, -0.1) is 0 Å². The van der Waals surface area contributed by atoms with E-state index in [0.29, 0.717) is 35.1 Å². The highest BCUT2D eigenvalue weighted by Gasteiger charge is 2.16. The predicted octanol–water partition coefficient (Wildman–Crippen LogP) is 12.6. The zero-order valence-corrected chi connectivity index (χ0v) is 34.1. The second-order valence-corrected chi connectivity index (χ2v) is 14.3. The summed E-state index contributed by atoms with van der Waals surface area (Å²) in [5.41, 5.74) is 3.98. The van der Waals surface area contributed by atoms with Crippen LogP contribution < -0.4 is 18.9 Å². The molecule has 60 heavy (non-hydrogen) atoms. The Morgan fingerprint density at radius 2 is 1.02 bits per heavy atom. The van der Waals surface area contributed by atoms with E-state index < -0.39 is 11.9 Å². The molecule has 6 rings (SSSR count). The lowest BCUT2D eigenvalue weighted by atomic mass is 10.0. The first-order chi connectivity index (χ1) is 29.4. The summed E-state index contributed by atoms with van der Waals surface area (Å²) < 4.78 is 23.0. The van der Waals surface area contributed by atoms with Crippen molar-refractivity contribution in [2.75, 3.05) is 13.2 Å². The number of ether oxygens (including phenoxy) is 4. The minimum atomic E-state index is -0.619. The second-order valence-electron chi connectivity index (χ2n) is 14.3. The van der Waals surface area contributed by atoms with E-state index in [1.807, 2.05) is 48.5 Å². The highest BCUT2D eigenvalue weighted by molar-refractivity contribution is 5.97. The van der Waals surface area contributed by atoms with Crippen molar-refractivity contribution >= 4 is 46.5 Å². The zero-order valence-electron chi connectivity index (χ0n) is 34.1. The van der Waals surface area contributed by atoms with E-state index in [2.05, 4.69) is 29.9 Å². The number of hydrogen-bond donors (Lipinski definition) is 0. The fourth-order valence-electron chi connectivity index (χ4n) is 6.27. The molecule has 0 aliphatic heterocycles.